The quantitative estimate of drug-likeness (QED) is 0.767. The molecule has 1 aliphatic heterocycles. The molecule has 1 atom stereocenters. The van der Waals surface area contributed by atoms with Gasteiger partial charge in [0.2, 0.25) is 5.75 Å². The summed E-state index contributed by atoms with van der Waals surface area (Å²) in [6, 6.07) is 5.80. The SMILES string of the molecule is COc1ccc(C2C(C#N)=C(N)N(N(C)C)C3=C2C(=O)CC(C)(C)C3)c(OC)c1OC. The highest BCUT2D eigenvalue weighted by molar-refractivity contribution is 6.00. The van der Waals surface area contributed by atoms with Gasteiger partial charge in [0.25, 0.3) is 0 Å². The summed E-state index contributed by atoms with van der Waals surface area (Å²) in [7, 11) is 8.27. The van der Waals surface area contributed by atoms with Crippen LogP contribution in [0.15, 0.2) is 34.8 Å². The number of allylic oxidation sites excluding steroid dienone is 3. The smallest absolute Gasteiger partial charge is 0.203 e. The van der Waals surface area contributed by atoms with Crippen LogP contribution >= 0.6 is 0 Å². The van der Waals surface area contributed by atoms with Gasteiger partial charge in [0, 0.05) is 37.3 Å². The molecule has 0 aromatic heterocycles. The number of hydrazine groups is 1. The number of hydrogen-bond donors (Lipinski definition) is 1. The second-order valence-electron chi connectivity index (χ2n) is 8.73. The molecule has 1 aromatic carbocycles. The number of benzene rings is 1. The van der Waals surface area contributed by atoms with E-state index in [1.54, 1.807) is 29.3 Å². The number of methoxy groups -OCH3 is 3. The number of rotatable bonds is 5. The Morgan fingerprint density at radius 1 is 1.13 bits per heavy atom. The first-order valence-corrected chi connectivity index (χ1v) is 10.0. The monoisotopic (exact) mass is 426 g/mol. The number of nitrogens with two attached hydrogens (primary N) is 1. The van der Waals surface area contributed by atoms with Crippen molar-refractivity contribution in [2.45, 2.75) is 32.6 Å². The van der Waals surface area contributed by atoms with Crippen molar-refractivity contribution in [2.75, 3.05) is 35.4 Å². The number of carbonyl (C=O) groups is 1. The molecule has 0 fully saturated rings. The Labute approximate surface area is 183 Å². The fourth-order valence-electron chi connectivity index (χ4n) is 4.61. The molecular formula is C23H30N4O4. The molecule has 0 saturated heterocycles. The van der Waals surface area contributed by atoms with E-state index in [0.717, 1.165) is 5.70 Å². The van der Waals surface area contributed by atoms with Crippen LogP contribution in [-0.4, -0.2) is 51.2 Å². The van der Waals surface area contributed by atoms with Crippen LogP contribution in [0.1, 0.15) is 38.2 Å². The lowest BCUT2D eigenvalue weighted by Gasteiger charge is -2.45. The first-order chi connectivity index (χ1) is 14.6. The molecule has 1 heterocycles. The first-order valence-electron chi connectivity index (χ1n) is 10.0. The van der Waals surface area contributed by atoms with E-state index >= 15 is 0 Å². The van der Waals surface area contributed by atoms with E-state index in [2.05, 4.69) is 19.9 Å². The average Bonchev–Trinajstić information content (AvgIpc) is 2.70. The number of nitriles is 1. The Kier molecular flexibility index (Phi) is 5.92. The van der Waals surface area contributed by atoms with Gasteiger partial charge in [-0.1, -0.05) is 19.9 Å². The fraction of sp³-hybridized carbons (Fsp3) is 0.478. The highest BCUT2D eigenvalue weighted by atomic mass is 16.5. The lowest BCUT2D eigenvalue weighted by Crippen LogP contribution is -2.47. The number of ketones is 1. The molecule has 31 heavy (non-hydrogen) atoms. The zero-order valence-electron chi connectivity index (χ0n) is 19.2. The van der Waals surface area contributed by atoms with E-state index in [9.17, 15) is 10.1 Å². The van der Waals surface area contributed by atoms with Gasteiger partial charge in [0.05, 0.1) is 38.9 Å². The van der Waals surface area contributed by atoms with Gasteiger partial charge >= 0.3 is 0 Å². The number of ether oxygens (including phenoxy) is 3. The van der Waals surface area contributed by atoms with Crippen LogP contribution in [0, 0.1) is 16.7 Å². The molecule has 8 nitrogen and oxygen atoms in total. The summed E-state index contributed by atoms with van der Waals surface area (Å²) in [5, 5.41) is 13.7. The molecular weight excluding hydrogens is 396 g/mol. The van der Waals surface area contributed by atoms with Crippen LogP contribution in [0.25, 0.3) is 0 Å². The molecule has 0 bridgehead atoms. The maximum absolute atomic E-state index is 13.5. The molecule has 166 valence electrons. The van der Waals surface area contributed by atoms with Crippen molar-refractivity contribution < 1.29 is 19.0 Å². The molecule has 1 unspecified atom stereocenters. The van der Waals surface area contributed by atoms with Crippen LogP contribution < -0.4 is 19.9 Å². The van der Waals surface area contributed by atoms with Gasteiger partial charge in [-0.2, -0.15) is 5.26 Å². The lowest BCUT2D eigenvalue weighted by molar-refractivity contribution is -0.119. The zero-order valence-corrected chi connectivity index (χ0v) is 19.2. The maximum atomic E-state index is 13.5. The Balaban J connectivity index is 2.37. The predicted molar refractivity (Wildman–Crippen MR) is 116 cm³/mol. The van der Waals surface area contributed by atoms with Gasteiger partial charge < -0.3 is 19.9 Å². The normalized spacial score (nSPS) is 20.5. The number of carbonyl (C=O) groups excluding carboxylic acids is 1. The summed E-state index contributed by atoms with van der Waals surface area (Å²) in [5.41, 5.74) is 8.62. The van der Waals surface area contributed by atoms with Crippen molar-refractivity contribution in [1.29, 1.82) is 5.26 Å². The van der Waals surface area contributed by atoms with Crippen LogP contribution in [0.5, 0.6) is 17.2 Å². The third kappa shape index (κ3) is 3.59. The summed E-state index contributed by atoms with van der Waals surface area (Å²) in [6.45, 7) is 4.13. The highest BCUT2D eigenvalue weighted by Gasteiger charge is 2.46. The van der Waals surface area contributed by atoms with Crippen molar-refractivity contribution in [2.24, 2.45) is 11.1 Å². The van der Waals surface area contributed by atoms with Gasteiger partial charge in [-0.05, 0) is 17.9 Å². The van der Waals surface area contributed by atoms with Gasteiger partial charge in [-0.25, -0.2) is 5.01 Å². The summed E-state index contributed by atoms with van der Waals surface area (Å²) in [5.74, 6) is 0.956. The standard InChI is InChI=1S/C23H30N4O4/c1-23(2)10-15-19(16(28)11-23)18(14(12-24)22(25)27(15)26(3)4)13-8-9-17(29-5)21(31-7)20(13)30-6/h8-9,18H,10-11,25H2,1-7H3. The third-order valence-corrected chi connectivity index (χ3v) is 5.80. The van der Waals surface area contributed by atoms with Crippen LogP contribution in [0.3, 0.4) is 0 Å². The number of hydrogen-bond acceptors (Lipinski definition) is 8. The molecule has 2 N–H and O–H groups in total. The maximum Gasteiger partial charge on any atom is 0.203 e. The van der Waals surface area contributed by atoms with Crippen LogP contribution in [0.2, 0.25) is 0 Å². The van der Waals surface area contributed by atoms with Crippen LogP contribution in [-0.2, 0) is 4.79 Å². The molecule has 0 saturated carbocycles. The third-order valence-electron chi connectivity index (χ3n) is 5.80. The van der Waals surface area contributed by atoms with Crippen molar-refractivity contribution in [3.05, 3.63) is 40.4 Å². The Hall–Kier alpha value is -3.18. The Bertz CT molecular complexity index is 1020. The van der Waals surface area contributed by atoms with E-state index in [0.29, 0.717) is 52.6 Å². The van der Waals surface area contributed by atoms with E-state index in [4.69, 9.17) is 19.9 Å². The molecule has 1 aromatic rings. The van der Waals surface area contributed by atoms with Gasteiger partial charge in [0.1, 0.15) is 5.82 Å². The summed E-state index contributed by atoms with van der Waals surface area (Å²) in [6.07, 6.45) is 1.04. The van der Waals surface area contributed by atoms with Gasteiger partial charge in [-0.15, -0.1) is 0 Å². The Morgan fingerprint density at radius 2 is 1.77 bits per heavy atom. The highest BCUT2D eigenvalue weighted by Crippen LogP contribution is 2.53. The molecule has 0 amide bonds. The molecule has 8 heteroatoms. The second-order valence-corrected chi connectivity index (χ2v) is 8.73. The number of nitrogens with zero attached hydrogens (tertiary/aromatic N) is 3. The minimum absolute atomic E-state index is 0.000174. The summed E-state index contributed by atoms with van der Waals surface area (Å²) < 4.78 is 16.6. The zero-order chi connectivity index (χ0) is 23.1. The largest absolute Gasteiger partial charge is 0.493 e. The molecule has 2 aliphatic rings. The second kappa shape index (κ2) is 8.16. The van der Waals surface area contributed by atoms with Crippen molar-refractivity contribution in [1.82, 2.24) is 10.0 Å². The average molecular weight is 427 g/mol. The van der Waals surface area contributed by atoms with Crippen molar-refractivity contribution in [3.63, 3.8) is 0 Å². The van der Waals surface area contributed by atoms with Crippen molar-refractivity contribution in [3.8, 4) is 23.3 Å². The first kappa shape index (κ1) is 22.5. The topological polar surface area (TPSA) is 101 Å². The van der Waals surface area contributed by atoms with E-state index < -0.39 is 5.92 Å². The Morgan fingerprint density at radius 3 is 2.29 bits per heavy atom. The molecule has 3 rings (SSSR count). The fourth-order valence-corrected chi connectivity index (χ4v) is 4.61. The number of Topliss-reactive ketones (excluding diaryl/α,β-unsaturated/α-hetero) is 1. The van der Waals surface area contributed by atoms with Gasteiger partial charge in [0.15, 0.2) is 17.3 Å². The molecule has 0 radical (unpaired) electrons. The van der Waals surface area contributed by atoms with E-state index in [1.165, 1.54) is 14.2 Å². The van der Waals surface area contributed by atoms with E-state index in [1.807, 2.05) is 14.1 Å². The molecule has 1 aliphatic carbocycles. The van der Waals surface area contributed by atoms with Crippen LogP contribution in [0.4, 0.5) is 0 Å². The minimum atomic E-state index is -0.658. The van der Waals surface area contributed by atoms with Gasteiger partial charge in [-0.3, -0.25) is 9.80 Å². The minimum Gasteiger partial charge on any atom is -0.493 e. The predicted octanol–water partition coefficient (Wildman–Crippen LogP) is 2.93. The van der Waals surface area contributed by atoms with E-state index in [-0.39, 0.29) is 11.2 Å². The summed E-state index contributed by atoms with van der Waals surface area (Å²) in [4.78, 5) is 13.5. The molecule has 0 spiro atoms. The lowest BCUT2D eigenvalue weighted by atomic mass is 9.69. The van der Waals surface area contributed by atoms with Crippen molar-refractivity contribution >= 4 is 5.78 Å². The summed E-state index contributed by atoms with van der Waals surface area (Å²) >= 11 is 0.